The molecule has 1 N–H and O–H groups in total. The number of rotatable bonds is 8. The van der Waals surface area contributed by atoms with Gasteiger partial charge in [0.05, 0.1) is 12.7 Å². The van der Waals surface area contributed by atoms with E-state index in [1.165, 1.54) is 5.56 Å². The lowest BCUT2D eigenvalue weighted by Crippen LogP contribution is -2.40. The molecule has 1 fully saturated rings. The molecule has 1 amide bonds. The van der Waals surface area contributed by atoms with Gasteiger partial charge in [-0.3, -0.25) is 9.59 Å². The number of carbonyl (C=O) groups is 2. The molecular weight excluding hydrogens is 294 g/mol. The zero-order chi connectivity index (χ0) is 16.5. The predicted molar refractivity (Wildman–Crippen MR) is 86.9 cm³/mol. The molecular formula is C18H25NO4. The SMILES string of the molecule is O=C(O)CCCCC(=O)N1CCC(OCc2ccccc2)CC1. The van der Waals surface area contributed by atoms with Crippen molar-refractivity contribution >= 4 is 11.9 Å². The van der Waals surface area contributed by atoms with E-state index in [-0.39, 0.29) is 18.4 Å². The summed E-state index contributed by atoms with van der Waals surface area (Å²) in [6, 6.07) is 10.1. The molecule has 1 heterocycles. The smallest absolute Gasteiger partial charge is 0.303 e. The number of nitrogens with zero attached hydrogens (tertiary/aromatic N) is 1. The summed E-state index contributed by atoms with van der Waals surface area (Å²) >= 11 is 0. The highest BCUT2D eigenvalue weighted by Gasteiger charge is 2.22. The maximum absolute atomic E-state index is 12.1. The van der Waals surface area contributed by atoms with E-state index in [0.717, 1.165) is 25.9 Å². The van der Waals surface area contributed by atoms with Gasteiger partial charge in [0, 0.05) is 25.9 Å². The van der Waals surface area contributed by atoms with Crippen LogP contribution >= 0.6 is 0 Å². The first-order valence-electron chi connectivity index (χ1n) is 8.30. The highest BCUT2D eigenvalue weighted by atomic mass is 16.5. The van der Waals surface area contributed by atoms with Gasteiger partial charge >= 0.3 is 5.97 Å². The molecule has 1 aromatic carbocycles. The largest absolute Gasteiger partial charge is 0.481 e. The van der Waals surface area contributed by atoms with Crippen molar-refractivity contribution in [2.24, 2.45) is 0 Å². The van der Waals surface area contributed by atoms with Crippen molar-refractivity contribution in [3.63, 3.8) is 0 Å². The van der Waals surface area contributed by atoms with Crippen LogP contribution in [0.1, 0.15) is 44.1 Å². The Kier molecular flexibility index (Phi) is 7.07. The Morgan fingerprint density at radius 1 is 1.09 bits per heavy atom. The molecule has 0 unspecified atom stereocenters. The second-order valence-electron chi connectivity index (χ2n) is 5.98. The minimum atomic E-state index is -0.797. The summed E-state index contributed by atoms with van der Waals surface area (Å²) in [6.45, 7) is 2.09. The minimum Gasteiger partial charge on any atom is -0.481 e. The monoisotopic (exact) mass is 319 g/mol. The molecule has 2 rings (SSSR count). The fraction of sp³-hybridized carbons (Fsp3) is 0.556. The second-order valence-corrected chi connectivity index (χ2v) is 5.98. The topological polar surface area (TPSA) is 66.8 Å². The molecule has 0 atom stereocenters. The van der Waals surface area contributed by atoms with Gasteiger partial charge in [0.15, 0.2) is 0 Å². The fourth-order valence-corrected chi connectivity index (χ4v) is 2.77. The van der Waals surface area contributed by atoms with Gasteiger partial charge in [0.1, 0.15) is 0 Å². The first kappa shape index (κ1) is 17.5. The lowest BCUT2D eigenvalue weighted by molar-refractivity contribution is -0.138. The van der Waals surface area contributed by atoms with Gasteiger partial charge in [-0.15, -0.1) is 0 Å². The number of aliphatic carboxylic acids is 1. The number of ether oxygens (including phenoxy) is 1. The number of benzene rings is 1. The number of hydrogen-bond donors (Lipinski definition) is 1. The Labute approximate surface area is 137 Å². The van der Waals surface area contributed by atoms with E-state index in [9.17, 15) is 9.59 Å². The number of piperidine rings is 1. The molecule has 5 nitrogen and oxygen atoms in total. The van der Waals surface area contributed by atoms with Gasteiger partial charge in [0.2, 0.25) is 5.91 Å². The number of likely N-dealkylation sites (tertiary alicyclic amines) is 1. The third-order valence-electron chi connectivity index (χ3n) is 4.15. The van der Waals surface area contributed by atoms with Crippen LogP contribution in [0.25, 0.3) is 0 Å². The first-order chi connectivity index (χ1) is 11.1. The van der Waals surface area contributed by atoms with Gasteiger partial charge in [0.25, 0.3) is 0 Å². The fourth-order valence-electron chi connectivity index (χ4n) is 2.77. The molecule has 1 aliphatic heterocycles. The molecule has 0 spiro atoms. The average Bonchev–Trinajstić information content (AvgIpc) is 2.58. The molecule has 0 aromatic heterocycles. The van der Waals surface area contributed by atoms with E-state index < -0.39 is 5.97 Å². The summed E-state index contributed by atoms with van der Waals surface area (Å²) < 4.78 is 5.92. The van der Waals surface area contributed by atoms with Crippen molar-refractivity contribution in [1.82, 2.24) is 4.90 Å². The number of carbonyl (C=O) groups excluding carboxylic acids is 1. The van der Waals surface area contributed by atoms with Crippen LogP contribution in [0.2, 0.25) is 0 Å². The van der Waals surface area contributed by atoms with E-state index in [0.29, 0.717) is 25.9 Å². The number of unbranched alkanes of at least 4 members (excludes halogenated alkanes) is 1. The summed E-state index contributed by atoms with van der Waals surface area (Å²) in [4.78, 5) is 24.4. The van der Waals surface area contributed by atoms with E-state index in [1.807, 2.05) is 23.1 Å². The predicted octanol–water partition coefficient (Wildman–Crippen LogP) is 2.84. The van der Waals surface area contributed by atoms with Crippen molar-refractivity contribution in [2.75, 3.05) is 13.1 Å². The number of amides is 1. The zero-order valence-corrected chi connectivity index (χ0v) is 13.4. The van der Waals surface area contributed by atoms with Gasteiger partial charge in [-0.05, 0) is 31.2 Å². The van der Waals surface area contributed by atoms with Crippen molar-refractivity contribution in [3.8, 4) is 0 Å². The normalized spacial score (nSPS) is 15.6. The van der Waals surface area contributed by atoms with Crippen LogP contribution in [0.3, 0.4) is 0 Å². The Balaban J connectivity index is 1.61. The molecule has 0 radical (unpaired) electrons. The first-order valence-corrected chi connectivity index (χ1v) is 8.30. The van der Waals surface area contributed by atoms with Gasteiger partial charge in [-0.1, -0.05) is 30.3 Å². The van der Waals surface area contributed by atoms with Crippen molar-refractivity contribution in [1.29, 1.82) is 0 Å². The molecule has 126 valence electrons. The molecule has 1 saturated heterocycles. The molecule has 1 aromatic rings. The van der Waals surface area contributed by atoms with Gasteiger partial charge < -0.3 is 14.7 Å². The van der Waals surface area contributed by atoms with Crippen LogP contribution < -0.4 is 0 Å². The maximum atomic E-state index is 12.1. The van der Waals surface area contributed by atoms with Crippen LogP contribution in [-0.4, -0.2) is 41.1 Å². The number of carboxylic acid groups (broad SMARTS) is 1. The van der Waals surface area contributed by atoms with Crippen LogP contribution in [0.4, 0.5) is 0 Å². The minimum absolute atomic E-state index is 0.136. The van der Waals surface area contributed by atoms with Crippen LogP contribution in [0, 0.1) is 0 Å². The van der Waals surface area contributed by atoms with E-state index in [4.69, 9.17) is 9.84 Å². The van der Waals surface area contributed by atoms with Crippen LogP contribution in [-0.2, 0) is 20.9 Å². The Bertz CT molecular complexity index is 495. The standard InChI is InChI=1S/C18H25NO4/c20-17(8-4-5-9-18(21)22)19-12-10-16(11-13-19)23-14-15-6-2-1-3-7-15/h1-3,6-7,16H,4-5,8-14H2,(H,21,22). The van der Waals surface area contributed by atoms with Gasteiger partial charge in [-0.25, -0.2) is 0 Å². The second kappa shape index (κ2) is 9.30. The lowest BCUT2D eigenvalue weighted by Gasteiger charge is -2.32. The third-order valence-corrected chi connectivity index (χ3v) is 4.15. The summed E-state index contributed by atoms with van der Waals surface area (Å²) in [6.07, 6.45) is 3.76. The average molecular weight is 319 g/mol. The Hall–Kier alpha value is -1.88. The number of carboxylic acids is 1. The van der Waals surface area contributed by atoms with E-state index in [1.54, 1.807) is 0 Å². The summed E-state index contributed by atoms with van der Waals surface area (Å²) in [7, 11) is 0. The number of hydrogen-bond acceptors (Lipinski definition) is 3. The van der Waals surface area contributed by atoms with E-state index >= 15 is 0 Å². The van der Waals surface area contributed by atoms with Crippen molar-refractivity contribution in [3.05, 3.63) is 35.9 Å². The lowest BCUT2D eigenvalue weighted by atomic mass is 10.1. The Morgan fingerprint density at radius 3 is 2.39 bits per heavy atom. The highest BCUT2D eigenvalue weighted by molar-refractivity contribution is 5.76. The van der Waals surface area contributed by atoms with E-state index in [2.05, 4.69) is 12.1 Å². The summed E-state index contributed by atoms with van der Waals surface area (Å²) in [5.41, 5.74) is 1.17. The molecule has 1 aliphatic rings. The zero-order valence-electron chi connectivity index (χ0n) is 13.4. The third kappa shape index (κ3) is 6.40. The van der Waals surface area contributed by atoms with Crippen LogP contribution in [0.15, 0.2) is 30.3 Å². The molecule has 0 bridgehead atoms. The highest BCUT2D eigenvalue weighted by Crippen LogP contribution is 2.17. The molecule has 0 saturated carbocycles. The molecule has 5 heteroatoms. The van der Waals surface area contributed by atoms with Crippen molar-refractivity contribution in [2.45, 2.75) is 51.2 Å². The molecule has 0 aliphatic carbocycles. The van der Waals surface area contributed by atoms with Gasteiger partial charge in [-0.2, -0.15) is 0 Å². The molecule has 23 heavy (non-hydrogen) atoms. The van der Waals surface area contributed by atoms with Crippen molar-refractivity contribution < 1.29 is 19.4 Å². The quantitative estimate of drug-likeness (QED) is 0.748. The summed E-state index contributed by atoms with van der Waals surface area (Å²) in [5, 5.41) is 8.58. The van der Waals surface area contributed by atoms with Crippen LogP contribution in [0.5, 0.6) is 0 Å². The summed E-state index contributed by atoms with van der Waals surface area (Å²) in [5.74, 6) is -0.661. The maximum Gasteiger partial charge on any atom is 0.303 e. The Morgan fingerprint density at radius 2 is 1.74 bits per heavy atom.